The van der Waals surface area contributed by atoms with Crippen LogP contribution >= 0.6 is 0 Å². The van der Waals surface area contributed by atoms with Gasteiger partial charge in [0.25, 0.3) is 5.91 Å². The third-order valence-electron chi connectivity index (χ3n) is 4.09. The lowest BCUT2D eigenvalue weighted by Crippen LogP contribution is -2.44. The maximum absolute atomic E-state index is 12.0. The molecule has 1 amide bonds. The van der Waals surface area contributed by atoms with Gasteiger partial charge >= 0.3 is 0 Å². The Labute approximate surface area is 137 Å². The monoisotopic (exact) mass is 343 g/mol. The molecule has 1 N–H and O–H groups in total. The van der Waals surface area contributed by atoms with Crippen molar-refractivity contribution in [3.8, 4) is 0 Å². The maximum Gasteiger partial charge on any atom is 0.273 e. The van der Waals surface area contributed by atoms with E-state index in [0.29, 0.717) is 25.3 Å². The van der Waals surface area contributed by atoms with Gasteiger partial charge in [0, 0.05) is 31.1 Å². The predicted molar refractivity (Wildman–Crippen MR) is 86.7 cm³/mol. The van der Waals surface area contributed by atoms with Crippen LogP contribution in [-0.2, 0) is 10.0 Å². The van der Waals surface area contributed by atoms with Crippen molar-refractivity contribution >= 4 is 15.9 Å². The lowest BCUT2D eigenvalue weighted by Gasteiger charge is -2.33. The molecule has 2 heterocycles. The molecule has 0 bridgehead atoms. The number of rotatable bonds is 6. The zero-order chi connectivity index (χ0) is 17.0. The summed E-state index contributed by atoms with van der Waals surface area (Å²) in [6.45, 7) is 4.91. The molecule has 1 aromatic heterocycles. The number of nitrogens with zero attached hydrogens (tertiary/aromatic N) is 2. The van der Waals surface area contributed by atoms with Crippen molar-refractivity contribution in [1.29, 1.82) is 0 Å². The van der Waals surface area contributed by atoms with Crippen LogP contribution in [0.25, 0.3) is 0 Å². The van der Waals surface area contributed by atoms with Crippen LogP contribution in [0.15, 0.2) is 10.6 Å². The molecule has 0 unspecified atom stereocenters. The highest BCUT2D eigenvalue weighted by molar-refractivity contribution is 7.88. The first-order valence-electron chi connectivity index (χ1n) is 8.00. The van der Waals surface area contributed by atoms with E-state index in [9.17, 15) is 13.2 Å². The fourth-order valence-electron chi connectivity index (χ4n) is 2.81. The number of hydrogen-bond donors (Lipinski definition) is 1. The largest absolute Gasteiger partial charge is 0.360 e. The second kappa shape index (κ2) is 7.44. The Hall–Kier alpha value is -1.41. The second-order valence-corrected chi connectivity index (χ2v) is 8.27. The highest BCUT2D eigenvalue weighted by Crippen LogP contribution is 2.22. The molecule has 1 fully saturated rings. The zero-order valence-corrected chi connectivity index (χ0v) is 14.7. The Morgan fingerprint density at radius 1 is 1.48 bits per heavy atom. The fraction of sp³-hybridized carbons (Fsp3) is 0.733. The van der Waals surface area contributed by atoms with Gasteiger partial charge in [0.1, 0.15) is 5.76 Å². The third-order valence-corrected chi connectivity index (χ3v) is 5.42. The summed E-state index contributed by atoms with van der Waals surface area (Å²) in [5.41, 5.74) is 0.261. The van der Waals surface area contributed by atoms with E-state index in [-0.39, 0.29) is 23.6 Å². The highest BCUT2D eigenvalue weighted by atomic mass is 32.2. The van der Waals surface area contributed by atoms with E-state index in [1.54, 1.807) is 10.4 Å². The molecular weight excluding hydrogens is 318 g/mol. The lowest BCUT2D eigenvalue weighted by atomic mass is 10.0. The van der Waals surface area contributed by atoms with Crippen molar-refractivity contribution in [3.63, 3.8) is 0 Å². The highest BCUT2D eigenvalue weighted by Gasteiger charge is 2.29. The number of sulfonamides is 1. The first-order chi connectivity index (χ1) is 10.8. The van der Waals surface area contributed by atoms with E-state index in [2.05, 4.69) is 10.5 Å². The maximum atomic E-state index is 12.0. The molecule has 0 saturated carbocycles. The summed E-state index contributed by atoms with van der Waals surface area (Å²) in [4.78, 5) is 12.0. The van der Waals surface area contributed by atoms with Crippen molar-refractivity contribution in [2.45, 2.75) is 51.5 Å². The van der Waals surface area contributed by atoms with E-state index >= 15 is 0 Å². The summed E-state index contributed by atoms with van der Waals surface area (Å²) in [5, 5.41) is 6.55. The number of aromatic nitrogens is 1. The SMILES string of the molecule is CC(C)c1cc(C(=O)NCC[C@@H]2CCCCN2S(C)(=O)=O)no1. The van der Waals surface area contributed by atoms with Crippen molar-refractivity contribution in [2.24, 2.45) is 0 Å². The molecule has 1 saturated heterocycles. The van der Waals surface area contributed by atoms with Gasteiger partial charge in [-0.3, -0.25) is 4.79 Å². The summed E-state index contributed by atoms with van der Waals surface area (Å²) in [7, 11) is -3.19. The molecule has 8 heteroatoms. The van der Waals surface area contributed by atoms with Gasteiger partial charge in [-0.25, -0.2) is 8.42 Å². The van der Waals surface area contributed by atoms with Gasteiger partial charge in [0.15, 0.2) is 5.69 Å². The summed E-state index contributed by atoms with van der Waals surface area (Å²) in [5.74, 6) is 0.558. The van der Waals surface area contributed by atoms with Crippen molar-refractivity contribution in [2.75, 3.05) is 19.3 Å². The van der Waals surface area contributed by atoms with E-state index in [0.717, 1.165) is 19.3 Å². The Balaban J connectivity index is 1.86. The van der Waals surface area contributed by atoms with E-state index in [1.165, 1.54) is 6.26 Å². The number of carbonyl (C=O) groups excluding carboxylic acids is 1. The standard InChI is InChI=1S/C15H25N3O4S/c1-11(2)14-10-13(17-22-14)15(19)16-8-7-12-6-4-5-9-18(12)23(3,20)21/h10-12H,4-9H2,1-3H3,(H,16,19)/t12-/m0/s1. The Morgan fingerprint density at radius 2 is 2.22 bits per heavy atom. The zero-order valence-electron chi connectivity index (χ0n) is 13.9. The molecular formula is C15H25N3O4S. The smallest absolute Gasteiger partial charge is 0.273 e. The van der Waals surface area contributed by atoms with Gasteiger partial charge in [0.2, 0.25) is 10.0 Å². The van der Waals surface area contributed by atoms with Crippen LogP contribution in [0.2, 0.25) is 0 Å². The van der Waals surface area contributed by atoms with Crippen molar-refractivity contribution in [3.05, 3.63) is 17.5 Å². The van der Waals surface area contributed by atoms with Crippen LogP contribution in [0.1, 0.15) is 61.7 Å². The van der Waals surface area contributed by atoms with Crippen molar-refractivity contribution < 1.29 is 17.7 Å². The Morgan fingerprint density at radius 3 is 2.83 bits per heavy atom. The minimum Gasteiger partial charge on any atom is -0.360 e. The number of piperidine rings is 1. The summed E-state index contributed by atoms with van der Waals surface area (Å²) in [6, 6.07) is 1.60. The molecule has 7 nitrogen and oxygen atoms in total. The normalized spacial score (nSPS) is 19.9. The quantitative estimate of drug-likeness (QED) is 0.849. The van der Waals surface area contributed by atoms with E-state index in [1.807, 2.05) is 13.8 Å². The first kappa shape index (κ1) is 17.9. The van der Waals surface area contributed by atoms with Crippen LogP contribution in [0.4, 0.5) is 0 Å². The van der Waals surface area contributed by atoms with Crippen LogP contribution in [0.3, 0.4) is 0 Å². The topological polar surface area (TPSA) is 92.5 Å². The number of carbonyl (C=O) groups is 1. The summed E-state index contributed by atoms with van der Waals surface area (Å²) in [6.07, 6.45) is 4.60. The van der Waals surface area contributed by atoms with Crippen LogP contribution in [0, 0.1) is 0 Å². The fourth-order valence-corrected chi connectivity index (χ4v) is 4.02. The molecule has 0 spiro atoms. The molecule has 130 valence electrons. The van der Waals surface area contributed by atoms with Gasteiger partial charge in [0.05, 0.1) is 6.26 Å². The number of nitrogens with one attached hydrogen (secondary N) is 1. The van der Waals surface area contributed by atoms with Crippen LogP contribution < -0.4 is 5.32 Å². The number of hydrogen-bond acceptors (Lipinski definition) is 5. The molecule has 23 heavy (non-hydrogen) atoms. The first-order valence-corrected chi connectivity index (χ1v) is 9.85. The van der Waals surface area contributed by atoms with Gasteiger partial charge in [-0.1, -0.05) is 25.4 Å². The van der Waals surface area contributed by atoms with Crippen LogP contribution in [-0.4, -0.2) is 49.2 Å². The van der Waals surface area contributed by atoms with Gasteiger partial charge in [-0.2, -0.15) is 4.31 Å². The average molecular weight is 343 g/mol. The van der Waals surface area contributed by atoms with Gasteiger partial charge < -0.3 is 9.84 Å². The van der Waals surface area contributed by atoms with E-state index in [4.69, 9.17) is 4.52 Å². The lowest BCUT2D eigenvalue weighted by molar-refractivity contribution is 0.0940. The summed E-state index contributed by atoms with van der Waals surface area (Å²) >= 11 is 0. The Bertz CT molecular complexity index is 639. The third kappa shape index (κ3) is 4.78. The molecule has 0 aliphatic carbocycles. The average Bonchev–Trinajstić information content (AvgIpc) is 2.96. The Kier molecular flexibility index (Phi) is 5.80. The van der Waals surface area contributed by atoms with Gasteiger partial charge in [-0.05, 0) is 19.3 Å². The number of amides is 1. The molecule has 2 rings (SSSR count). The van der Waals surface area contributed by atoms with E-state index < -0.39 is 10.0 Å². The van der Waals surface area contributed by atoms with Crippen molar-refractivity contribution in [1.82, 2.24) is 14.8 Å². The summed E-state index contributed by atoms with van der Waals surface area (Å²) < 4.78 is 30.3. The molecule has 1 aliphatic rings. The molecule has 0 radical (unpaired) electrons. The predicted octanol–water partition coefficient (Wildman–Crippen LogP) is 1.73. The minimum absolute atomic E-state index is 0.0393. The molecule has 1 atom stereocenters. The minimum atomic E-state index is -3.19. The van der Waals surface area contributed by atoms with Crippen LogP contribution in [0.5, 0.6) is 0 Å². The molecule has 1 aromatic rings. The van der Waals surface area contributed by atoms with Gasteiger partial charge in [-0.15, -0.1) is 0 Å². The molecule has 0 aromatic carbocycles. The second-order valence-electron chi connectivity index (χ2n) is 6.34. The molecule has 1 aliphatic heterocycles.